The molecule has 4 saturated heterocycles. The fourth-order valence-electron chi connectivity index (χ4n) is 14.0. The van der Waals surface area contributed by atoms with Gasteiger partial charge in [0, 0.05) is 53.4 Å². The average Bonchev–Trinajstić information content (AvgIpc) is 1.57. The van der Waals surface area contributed by atoms with Crippen molar-refractivity contribution in [3.8, 4) is 0 Å². The summed E-state index contributed by atoms with van der Waals surface area (Å²) in [6.45, 7) is 25.4. The number of likely N-dealkylation sites (N-methyl/N-ethyl adjacent to an activating group) is 4. The zero-order valence-electron chi connectivity index (χ0n) is 58.6. The van der Waals surface area contributed by atoms with Crippen LogP contribution in [0.1, 0.15) is 146 Å². The van der Waals surface area contributed by atoms with E-state index in [0.29, 0.717) is 77.8 Å². The van der Waals surface area contributed by atoms with Gasteiger partial charge in [-0.1, -0.05) is 144 Å². The number of likely N-dealkylation sites (tertiary alicyclic amines) is 4. The Labute approximate surface area is 549 Å². The van der Waals surface area contributed by atoms with Gasteiger partial charge in [0.2, 0.25) is 59.1 Å². The summed E-state index contributed by atoms with van der Waals surface area (Å²) in [5.74, 6) is -3.34. The summed E-state index contributed by atoms with van der Waals surface area (Å²) >= 11 is 0. The summed E-state index contributed by atoms with van der Waals surface area (Å²) in [5.41, 5.74) is 1.96. The smallest absolute Gasteiger partial charge is 0.246 e. The average molecular weight is 1280 g/mol. The van der Waals surface area contributed by atoms with Gasteiger partial charge < -0.3 is 50.7 Å². The highest BCUT2D eigenvalue weighted by molar-refractivity contribution is 5.98. The zero-order chi connectivity index (χ0) is 68.6. The molecule has 0 unspecified atom stereocenters. The maximum Gasteiger partial charge on any atom is 0.246 e. The Kier molecular flexibility index (Phi) is 28.7. The van der Waals surface area contributed by atoms with Crippen molar-refractivity contribution in [2.45, 2.75) is 208 Å². The third kappa shape index (κ3) is 19.1. The predicted octanol–water partition coefficient (Wildman–Crippen LogP) is 4.99. The molecule has 4 N–H and O–H groups in total. The number of carbonyl (C=O) groups excluding carboxylic acids is 10. The van der Waals surface area contributed by atoms with Crippen molar-refractivity contribution in [1.29, 1.82) is 0 Å². The molecule has 10 amide bonds. The molecule has 0 radical (unpaired) electrons. The van der Waals surface area contributed by atoms with Crippen LogP contribution in [0.5, 0.6) is 0 Å². The van der Waals surface area contributed by atoms with Crippen LogP contribution in [0, 0.1) is 35.5 Å². The minimum Gasteiger partial charge on any atom is -0.350 e. The summed E-state index contributed by atoms with van der Waals surface area (Å²) in [6.07, 6.45) is 4.93. The molecular formula is C70H112N12O10. The van der Waals surface area contributed by atoms with Gasteiger partial charge in [0.25, 0.3) is 0 Å². The van der Waals surface area contributed by atoms with Crippen LogP contribution < -0.4 is 21.3 Å². The third-order valence-corrected chi connectivity index (χ3v) is 18.6. The lowest BCUT2D eigenvalue weighted by Crippen LogP contribution is -2.61. The van der Waals surface area contributed by atoms with Crippen LogP contribution in [0.3, 0.4) is 0 Å². The lowest BCUT2D eigenvalue weighted by atomic mass is 9.96. The summed E-state index contributed by atoms with van der Waals surface area (Å²) in [6, 6.07) is 12.6. The minimum atomic E-state index is -0.822. The summed E-state index contributed by atoms with van der Waals surface area (Å²) < 4.78 is 0. The van der Waals surface area contributed by atoms with Crippen molar-refractivity contribution in [2.75, 3.05) is 68.5 Å². The van der Waals surface area contributed by atoms with E-state index >= 15 is 0 Å². The van der Waals surface area contributed by atoms with Crippen LogP contribution in [0.4, 0.5) is 0 Å². The highest BCUT2D eigenvalue weighted by atomic mass is 16.2. The van der Waals surface area contributed by atoms with Gasteiger partial charge in [0.05, 0.1) is 12.1 Å². The number of nitrogens with one attached hydrogen (secondary N) is 4. The third-order valence-electron chi connectivity index (χ3n) is 18.6. The number of hydrogen-bond donors (Lipinski definition) is 4. The minimum absolute atomic E-state index is 0.0374. The standard InChI is InChI=1S/2C35H56N6O5/c2*1-22(2)28(37-32(43)29(23(3)4)38(7)8)34(45)39(9)30(24(5)6)35(46)41-20-14-18-27(41)33(44)40-19-13-17-26(40)31(42)36-21-25-15-11-10-12-16-25/h2*10-12,15-16,22-24,26-30H,13-14,17-21H2,1-9H3,(H,36,42)(H,37,43)/t2*26-,27-,28-,29-,30-/m00/s1. The van der Waals surface area contributed by atoms with Gasteiger partial charge in [-0.25, -0.2) is 0 Å². The zero-order valence-corrected chi connectivity index (χ0v) is 58.6. The molecule has 0 saturated carbocycles. The van der Waals surface area contributed by atoms with Gasteiger partial charge in [-0.2, -0.15) is 0 Å². The Bertz CT molecular complexity index is 2610. The van der Waals surface area contributed by atoms with E-state index in [4.69, 9.17) is 0 Å². The molecule has 10 atom stereocenters. The molecule has 512 valence electrons. The van der Waals surface area contributed by atoms with Crippen LogP contribution in [0.25, 0.3) is 0 Å². The van der Waals surface area contributed by atoms with E-state index < -0.39 is 60.4 Å². The molecule has 4 heterocycles. The van der Waals surface area contributed by atoms with Crippen LogP contribution in [-0.4, -0.2) is 227 Å². The van der Waals surface area contributed by atoms with E-state index in [-0.39, 0.29) is 94.6 Å². The van der Waals surface area contributed by atoms with Crippen LogP contribution in [-0.2, 0) is 61.0 Å². The van der Waals surface area contributed by atoms with E-state index in [1.165, 1.54) is 9.80 Å². The Hall–Kier alpha value is -6.94. The highest BCUT2D eigenvalue weighted by Gasteiger charge is 2.48. The van der Waals surface area contributed by atoms with Crippen LogP contribution in [0.15, 0.2) is 60.7 Å². The van der Waals surface area contributed by atoms with Crippen molar-refractivity contribution < 1.29 is 47.9 Å². The fraction of sp³-hybridized carbons (Fsp3) is 0.686. The monoisotopic (exact) mass is 1280 g/mol. The van der Waals surface area contributed by atoms with Gasteiger partial charge in [0.1, 0.15) is 48.3 Å². The van der Waals surface area contributed by atoms with E-state index in [1.807, 2.05) is 182 Å². The number of hydrogen-bond acceptors (Lipinski definition) is 12. The van der Waals surface area contributed by atoms with Crippen LogP contribution in [0.2, 0.25) is 0 Å². The Morgan fingerprint density at radius 1 is 0.391 bits per heavy atom. The van der Waals surface area contributed by atoms with Gasteiger partial charge in [0.15, 0.2) is 0 Å². The van der Waals surface area contributed by atoms with Crippen molar-refractivity contribution >= 4 is 59.1 Å². The first-order chi connectivity index (χ1) is 43.3. The van der Waals surface area contributed by atoms with Gasteiger partial charge in [-0.05, 0) is 126 Å². The first-order valence-corrected chi connectivity index (χ1v) is 33.7. The fourth-order valence-corrected chi connectivity index (χ4v) is 14.0. The number of rotatable bonds is 26. The Morgan fingerprint density at radius 2 is 0.674 bits per heavy atom. The van der Waals surface area contributed by atoms with Crippen molar-refractivity contribution in [1.82, 2.24) is 60.5 Å². The summed E-state index contributed by atoms with van der Waals surface area (Å²) in [5, 5.41) is 11.9. The Balaban J connectivity index is 0.000000334. The molecular weight excluding hydrogens is 1170 g/mol. The van der Waals surface area contributed by atoms with Crippen molar-refractivity contribution in [2.24, 2.45) is 35.5 Å². The van der Waals surface area contributed by atoms with E-state index in [9.17, 15) is 47.9 Å². The number of benzene rings is 2. The largest absolute Gasteiger partial charge is 0.350 e. The van der Waals surface area contributed by atoms with Crippen LogP contribution >= 0.6 is 0 Å². The maximum absolute atomic E-state index is 14.2. The second-order valence-corrected chi connectivity index (χ2v) is 28.2. The summed E-state index contributed by atoms with van der Waals surface area (Å²) in [7, 11) is 10.6. The van der Waals surface area contributed by atoms with Crippen molar-refractivity contribution in [3.05, 3.63) is 71.8 Å². The quantitative estimate of drug-likeness (QED) is 0.0974. The molecule has 92 heavy (non-hydrogen) atoms. The molecule has 0 aliphatic carbocycles. The first-order valence-electron chi connectivity index (χ1n) is 33.7. The molecule has 4 aliphatic heterocycles. The number of carbonyl (C=O) groups is 10. The molecule has 4 aliphatic rings. The summed E-state index contributed by atoms with van der Waals surface area (Å²) in [4.78, 5) is 150. The molecule has 0 aromatic heterocycles. The van der Waals surface area contributed by atoms with E-state index in [2.05, 4.69) is 21.3 Å². The molecule has 22 nitrogen and oxygen atoms in total. The maximum atomic E-state index is 14.2. The molecule has 4 fully saturated rings. The van der Waals surface area contributed by atoms with Crippen molar-refractivity contribution in [3.63, 3.8) is 0 Å². The molecule has 2 aromatic carbocycles. The Morgan fingerprint density at radius 3 is 0.946 bits per heavy atom. The molecule has 0 bridgehead atoms. The highest BCUT2D eigenvalue weighted by Crippen LogP contribution is 2.30. The SMILES string of the molecule is CC(C)[C@H](NC(=O)[C@H](C(C)C)N(C)C)C(=O)N(C)[C@H](C(=O)N1CCC[C@H]1C(=O)N1CCC[C@H]1C(=O)NCc1ccccc1)C(C)C.CC(C)[C@H](NC(=O)[C@H](C(C)C)N(C)C)C(=O)N(C)[C@H](C(=O)N1CCC[C@H]1C(=O)N1CCC[C@H]1C(=O)NCc1ccccc1)C(C)C. The van der Waals surface area contributed by atoms with Gasteiger partial charge in [-0.15, -0.1) is 0 Å². The van der Waals surface area contributed by atoms with E-state index in [0.717, 1.165) is 24.0 Å². The van der Waals surface area contributed by atoms with Gasteiger partial charge >= 0.3 is 0 Å². The normalized spacial score (nSPS) is 20.3. The number of nitrogens with zero attached hydrogens (tertiary/aromatic N) is 8. The molecule has 22 heteroatoms. The van der Waals surface area contributed by atoms with Gasteiger partial charge in [-0.3, -0.25) is 57.7 Å². The molecule has 0 spiro atoms. The van der Waals surface area contributed by atoms with E-state index in [1.54, 1.807) is 33.7 Å². The second kappa shape index (κ2) is 34.8. The topological polar surface area (TPSA) is 245 Å². The first kappa shape index (κ1) is 75.8. The molecule has 2 aromatic rings. The lowest BCUT2D eigenvalue weighted by Gasteiger charge is -2.38. The number of amides is 10. The molecule has 6 rings (SSSR count). The predicted molar refractivity (Wildman–Crippen MR) is 356 cm³/mol. The lowest BCUT2D eigenvalue weighted by molar-refractivity contribution is -0.153. The second-order valence-electron chi connectivity index (χ2n) is 28.2.